The molecule has 0 aromatic rings. The maximum atomic E-state index is 11.3. The number of ether oxygens (including phenoxy) is 1. The lowest BCUT2D eigenvalue weighted by Gasteiger charge is -2.24. The first-order valence-corrected chi connectivity index (χ1v) is 5.91. The molecule has 0 amide bonds. The quantitative estimate of drug-likeness (QED) is 0.202. The lowest BCUT2D eigenvalue weighted by atomic mass is 10.0. The SMILES string of the molecule is CCC#CCCOC(=O)C(O)C(O)C(O)C(O)CO. The molecule has 7 nitrogen and oxygen atoms in total. The summed E-state index contributed by atoms with van der Waals surface area (Å²) in [5, 5.41) is 45.7. The van der Waals surface area contributed by atoms with Gasteiger partial charge in [0.2, 0.25) is 0 Å². The van der Waals surface area contributed by atoms with Crippen molar-refractivity contribution in [2.75, 3.05) is 13.2 Å². The van der Waals surface area contributed by atoms with Crippen LogP contribution in [0.2, 0.25) is 0 Å². The van der Waals surface area contributed by atoms with Crippen molar-refractivity contribution in [1.29, 1.82) is 0 Å². The molecule has 0 aromatic carbocycles. The van der Waals surface area contributed by atoms with Gasteiger partial charge < -0.3 is 30.3 Å². The van der Waals surface area contributed by atoms with E-state index in [4.69, 9.17) is 10.2 Å². The predicted molar refractivity (Wildman–Crippen MR) is 64.8 cm³/mol. The molecule has 5 N–H and O–H groups in total. The molecule has 19 heavy (non-hydrogen) atoms. The Kier molecular flexibility index (Phi) is 9.12. The molecule has 0 aliphatic carbocycles. The molecule has 0 spiro atoms. The molecule has 7 heteroatoms. The molecule has 0 aromatic heterocycles. The van der Waals surface area contributed by atoms with Gasteiger partial charge in [-0.05, 0) is 0 Å². The van der Waals surface area contributed by atoms with E-state index in [1.807, 2.05) is 6.92 Å². The lowest BCUT2D eigenvalue weighted by Crippen LogP contribution is -2.49. The summed E-state index contributed by atoms with van der Waals surface area (Å²) < 4.78 is 4.63. The van der Waals surface area contributed by atoms with Crippen molar-refractivity contribution in [3.8, 4) is 11.8 Å². The fourth-order valence-corrected chi connectivity index (χ4v) is 1.16. The van der Waals surface area contributed by atoms with Crippen LogP contribution >= 0.6 is 0 Å². The van der Waals surface area contributed by atoms with Gasteiger partial charge in [-0.15, -0.1) is 5.92 Å². The number of hydrogen-bond acceptors (Lipinski definition) is 7. The number of esters is 1. The monoisotopic (exact) mass is 276 g/mol. The highest BCUT2D eigenvalue weighted by Crippen LogP contribution is 2.06. The minimum absolute atomic E-state index is 0.0474. The van der Waals surface area contributed by atoms with Crippen LogP contribution in [0.15, 0.2) is 0 Å². The summed E-state index contributed by atoms with van der Waals surface area (Å²) in [5.74, 6) is 4.35. The molecule has 0 fully saturated rings. The van der Waals surface area contributed by atoms with E-state index in [9.17, 15) is 20.1 Å². The van der Waals surface area contributed by atoms with Crippen LogP contribution in [0.5, 0.6) is 0 Å². The zero-order valence-electron chi connectivity index (χ0n) is 10.7. The highest BCUT2D eigenvalue weighted by molar-refractivity contribution is 5.75. The van der Waals surface area contributed by atoms with Crippen LogP contribution < -0.4 is 0 Å². The largest absolute Gasteiger partial charge is 0.463 e. The third-order valence-electron chi connectivity index (χ3n) is 2.27. The second-order valence-corrected chi connectivity index (χ2v) is 3.80. The van der Waals surface area contributed by atoms with Crippen molar-refractivity contribution in [3.05, 3.63) is 0 Å². The van der Waals surface area contributed by atoms with Gasteiger partial charge in [-0.2, -0.15) is 0 Å². The van der Waals surface area contributed by atoms with E-state index in [1.54, 1.807) is 0 Å². The summed E-state index contributed by atoms with van der Waals surface area (Å²) in [4.78, 5) is 11.3. The average molecular weight is 276 g/mol. The Morgan fingerprint density at radius 1 is 1.16 bits per heavy atom. The van der Waals surface area contributed by atoms with E-state index in [2.05, 4.69) is 16.6 Å². The number of carbonyl (C=O) groups excluding carboxylic acids is 1. The third-order valence-corrected chi connectivity index (χ3v) is 2.27. The van der Waals surface area contributed by atoms with E-state index in [0.29, 0.717) is 12.8 Å². The second kappa shape index (κ2) is 9.72. The topological polar surface area (TPSA) is 127 Å². The zero-order valence-corrected chi connectivity index (χ0v) is 10.7. The van der Waals surface area contributed by atoms with E-state index in [-0.39, 0.29) is 6.61 Å². The number of aliphatic hydroxyl groups is 5. The fourth-order valence-electron chi connectivity index (χ4n) is 1.16. The molecule has 0 bridgehead atoms. The fraction of sp³-hybridized carbons (Fsp3) is 0.750. The predicted octanol–water partition coefficient (Wildman–Crippen LogP) is -2.23. The molecule has 0 saturated carbocycles. The van der Waals surface area contributed by atoms with Gasteiger partial charge in [0.25, 0.3) is 0 Å². The van der Waals surface area contributed by atoms with Gasteiger partial charge in [-0.25, -0.2) is 4.79 Å². The normalized spacial score (nSPS) is 16.7. The minimum atomic E-state index is -2.00. The number of hydrogen-bond donors (Lipinski definition) is 5. The highest BCUT2D eigenvalue weighted by atomic mass is 16.5. The molecule has 110 valence electrons. The summed E-state index contributed by atoms with van der Waals surface area (Å²) in [7, 11) is 0. The summed E-state index contributed by atoms with van der Waals surface area (Å²) in [6.45, 7) is 1.01. The van der Waals surface area contributed by atoms with Gasteiger partial charge in [0.1, 0.15) is 24.9 Å². The van der Waals surface area contributed by atoms with E-state index in [1.165, 1.54) is 0 Å². The van der Waals surface area contributed by atoms with Crippen molar-refractivity contribution < 1.29 is 35.1 Å². The van der Waals surface area contributed by atoms with Crippen molar-refractivity contribution in [3.63, 3.8) is 0 Å². The Morgan fingerprint density at radius 2 is 1.79 bits per heavy atom. The van der Waals surface area contributed by atoms with Crippen LogP contribution in [0.3, 0.4) is 0 Å². The third kappa shape index (κ3) is 6.52. The summed E-state index contributed by atoms with van der Waals surface area (Å²) in [6, 6.07) is 0. The number of carbonyl (C=O) groups is 1. The van der Waals surface area contributed by atoms with Crippen LogP contribution in [-0.4, -0.2) is 69.1 Å². The van der Waals surface area contributed by atoms with E-state index in [0.717, 1.165) is 0 Å². The maximum Gasteiger partial charge on any atom is 0.337 e. The van der Waals surface area contributed by atoms with Crippen LogP contribution in [0.1, 0.15) is 19.8 Å². The molecule has 4 atom stereocenters. The average Bonchev–Trinajstić information content (AvgIpc) is 2.43. The smallest absolute Gasteiger partial charge is 0.337 e. The molecule has 0 radical (unpaired) electrons. The van der Waals surface area contributed by atoms with Gasteiger partial charge in [-0.3, -0.25) is 0 Å². The van der Waals surface area contributed by atoms with Crippen molar-refractivity contribution in [2.45, 2.75) is 44.2 Å². The molecule has 0 aliphatic rings. The first kappa shape index (κ1) is 17.8. The second-order valence-electron chi connectivity index (χ2n) is 3.80. The van der Waals surface area contributed by atoms with E-state index >= 15 is 0 Å². The molecule has 0 rings (SSSR count). The summed E-state index contributed by atoms with van der Waals surface area (Å²) in [5.41, 5.74) is 0. The summed E-state index contributed by atoms with van der Waals surface area (Å²) >= 11 is 0. The first-order valence-electron chi connectivity index (χ1n) is 5.91. The lowest BCUT2D eigenvalue weighted by molar-refractivity contribution is -0.170. The molecular formula is C12H20O7. The van der Waals surface area contributed by atoms with Crippen molar-refractivity contribution in [2.24, 2.45) is 0 Å². The van der Waals surface area contributed by atoms with Crippen molar-refractivity contribution >= 4 is 5.97 Å². The maximum absolute atomic E-state index is 11.3. The van der Waals surface area contributed by atoms with E-state index < -0.39 is 37.0 Å². The Labute approximate surface area is 111 Å². The Balaban J connectivity index is 4.17. The molecule has 4 unspecified atom stereocenters. The Morgan fingerprint density at radius 3 is 2.32 bits per heavy atom. The summed E-state index contributed by atoms with van der Waals surface area (Å²) in [6.07, 6.45) is -6.49. The van der Waals surface area contributed by atoms with Gasteiger partial charge in [-0.1, -0.05) is 12.8 Å². The highest BCUT2D eigenvalue weighted by Gasteiger charge is 2.34. The molecule has 0 heterocycles. The van der Waals surface area contributed by atoms with Gasteiger partial charge >= 0.3 is 5.97 Å². The van der Waals surface area contributed by atoms with Gasteiger partial charge in [0.15, 0.2) is 6.10 Å². The first-order chi connectivity index (χ1) is 8.95. The number of rotatable bonds is 7. The van der Waals surface area contributed by atoms with Crippen LogP contribution in [0.4, 0.5) is 0 Å². The van der Waals surface area contributed by atoms with Crippen LogP contribution in [0.25, 0.3) is 0 Å². The Bertz CT molecular complexity index is 320. The Hall–Kier alpha value is -1.17. The standard InChI is InChI=1S/C12H20O7/c1-2-3-4-5-6-19-12(18)11(17)10(16)9(15)8(14)7-13/h8-11,13-17H,2,5-7H2,1H3. The zero-order chi connectivity index (χ0) is 14.8. The van der Waals surface area contributed by atoms with Crippen LogP contribution in [0, 0.1) is 11.8 Å². The minimum Gasteiger partial charge on any atom is -0.463 e. The van der Waals surface area contributed by atoms with Gasteiger partial charge in [0, 0.05) is 12.8 Å². The molecular weight excluding hydrogens is 256 g/mol. The van der Waals surface area contributed by atoms with Crippen molar-refractivity contribution in [1.82, 2.24) is 0 Å². The van der Waals surface area contributed by atoms with Gasteiger partial charge in [0.05, 0.1) is 6.61 Å². The number of aliphatic hydroxyl groups excluding tert-OH is 5. The molecule has 0 aliphatic heterocycles. The molecule has 0 saturated heterocycles. The van der Waals surface area contributed by atoms with Crippen LogP contribution in [-0.2, 0) is 9.53 Å².